The highest BCUT2D eigenvalue weighted by molar-refractivity contribution is 6.33. The number of rotatable bonds is 1. The Kier molecular flexibility index (Phi) is 2.76. The Morgan fingerprint density at radius 1 is 1.12 bits per heavy atom. The van der Waals surface area contributed by atoms with Gasteiger partial charge in [0.25, 0.3) is 0 Å². The lowest BCUT2D eigenvalue weighted by Gasteiger charge is -2.06. The molecule has 0 aliphatic heterocycles. The molecule has 0 amide bonds. The normalized spacial score (nSPS) is 11.8. The minimum absolute atomic E-state index is 0.0560. The van der Waals surface area contributed by atoms with Gasteiger partial charge in [0, 0.05) is 26.3 Å². The number of hydrogen-bond donors (Lipinski definition) is 0. The third-order valence-electron chi connectivity index (χ3n) is 2.36. The molecular weight excluding hydrogens is 222 g/mol. The molecule has 0 saturated carbocycles. The lowest BCUT2D eigenvalue weighted by Crippen LogP contribution is -2.48. The fourth-order valence-corrected chi connectivity index (χ4v) is 1.69. The van der Waals surface area contributed by atoms with Crippen molar-refractivity contribution < 1.29 is 9.26 Å². The van der Waals surface area contributed by atoms with E-state index in [0.717, 1.165) is 11.3 Å². The fraction of sp³-hybridized carbons (Fsp3) is 0.308. The number of halogens is 1. The van der Waals surface area contributed by atoms with Crippen LogP contribution in [0.4, 0.5) is 0 Å². The largest absolute Gasteiger partial charge is 0.236 e. The summed E-state index contributed by atoms with van der Waals surface area (Å²) in [7, 11) is 0. The van der Waals surface area contributed by atoms with Crippen LogP contribution in [-0.2, 0) is 5.54 Å². The van der Waals surface area contributed by atoms with Crippen molar-refractivity contribution in [2.75, 3.05) is 0 Å². The molecule has 16 heavy (non-hydrogen) atoms. The Labute approximate surface area is 100 Å². The van der Waals surface area contributed by atoms with Gasteiger partial charge in [-0.15, -0.1) is 0 Å². The van der Waals surface area contributed by atoms with E-state index in [4.69, 9.17) is 16.1 Å². The minimum Gasteiger partial charge on any atom is -0.236 e. The molecule has 0 radical (unpaired) electrons. The predicted octanol–water partition coefficient (Wildman–Crippen LogP) is 3.64. The maximum Gasteiger partial charge on any atom is 0.221 e. The van der Waals surface area contributed by atoms with Crippen molar-refractivity contribution in [3.8, 4) is 11.3 Å². The Morgan fingerprint density at radius 3 is 2.38 bits per heavy atom. The van der Waals surface area contributed by atoms with Crippen molar-refractivity contribution in [1.82, 2.24) is 0 Å². The number of benzene rings is 1. The monoisotopic (exact) mass is 236 g/mol. The first kappa shape index (κ1) is 11.2. The third kappa shape index (κ3) is 2.12. The average molecular weight is 237 g/mol. The summed E-state index contributed by atoms with van der Waals surface area (Å²) in [6, 6.07) is 9.61. The van der Waals surface area contributed by atoms with E-state index in [1.54, 1.807) is 0 Å². The topological polar surface area (TPSA) is 17.0 Å². The van der Waals surface area contributed by atoms with Crippen LogP contribution in [0, 0.1) is 0 Å². The van der Waals surface area contributed by atoms with Crippen molar-refractivity contribution >= 4 is 11.6 Å². The van der Waals surface area contributed by atoms with Crippen LogP contribution in [0.15, 0.2) is 41.1 Å². The van der Waals surface area contributed by atoms with Crippen LogP contribution >= 0.6 is 11.6 Å². The van der Waals surface area contributed by atoms with E-state index in [0.29, 0.717) is 5.02 Å². The summed E-state index contributed by atoms with van der Waals surface area (Å²) in [5.41, 5.74) is 0.867. The van der Waals surface area contributed by atoms with Gasteiger partial charge in [0.05, 0.1) is 11.1 Å². The molecular formula is C13H15ClNO+. The molecule has 0 fully saturated rings. The lowest BCUT2D eigenvalue weighted by atomic mass is 10.1. The molecule has 0 aliphatic carbocycles. The van der Waals surface area contributed by atoms with Crippen molar-refractivity contribution in [1.29, 1.82) is 0 Å². The number of nitrogens with zero attached hydrogens (tertiary/aromatic N) is 1. The molecule has 2 aromatic rings. The first-order valence-electron chi connectivity index (χ1n) is 5.26. The van der Waals surface area contributed by atoms with Crippen LogP contribution in [-0.4, -0.2) is 0 Å². The van der Waals surface area contributed by atoms with E-state index < -0.39 is 0 Å². The van der Waals surface area contributed by atoms with Gasteiger partial charge < -0.3 is 0 Å². The van der Waals surface area contributed by atoms with Crippen molar-refractivity contribution in [3.05, 3.63) is 41.6 Å². The van der Waals surface area contributed by atoms with Crippen LogP contribution in [0.3, 0.4) is 0 Å². The average Bonchev–Trinajstić information content (AvgIpc) is 2.66. The van der Waals surface area contributed by atoms with Crippen LogP contribution < -0.4 is 4.74 Å². The van der Waals surface area contributed by atoms with E-state index in [2.05, 4.69) is 20.8 Å². The van der Waals surface area contributed by atoms with E-state index >= 15 is 0 Å². The van der Waals surface area contributed by atoms with E-state index in [9.17, 15) is 0 Å². The van der Waals surface area contributed by atoms with Gasteiger partial charge in [0.1, 0.15) is 0 Å². The molecule has 0 bridgehead atoms. The summed E-state index contributed by atoms with van der Waals surface area (Å²) in [5.74, 6) is 0.792. The van der Waals surface area contributed by atoms with Crippen LogP contribution in [0.2, 0.25) is 5.02 Å². The summed E-state index contributed by atoms with van der Waals surface area (Å²) >= 11 is 6.11. The van der Waals surface area contributed by atoms with Gasteiger partial charge in [-0.05, 0) is 16.9 Å². The summed E-state index contributed by atoms with van der Waals surface area (Å²) in [4.78, 5) is 0. The molecule has 0 spiro atoms. The first-order chi connectivity index (χ1) is 7.48. The molecule has 1 heterocycles. The summed E-state index contributed by atoms with van der Waals surface area (Å²) < 4.78 is 7.57. The van der Waals surface area contributed by atoms with Gasteiger partial charge in [0.2, 0.25) is 17.5 Å². The van der Waals surface area contributed by atoms with E-state index in [-0.39, 0.29) is 5.54 Å². The van der Waals surface area contributed by atoms with Crippen molar-refractivity contribution in [2.24, 2.45) is 0 Å². The van der Waals surface area contributed by atoms with Gasteiger partial charge in [-0.25, -0.2) is 4.52 Å². The Balaban J connectivity index is 2.44. The molecule has 1 aromatic heterocycles. The Hall–Kier alpha value is -1.28. The van der Waals surface area contributed by atoms with Crippen molar-refractivity contribution in [2.45, 2.75) is 26.3 Å². The molecule has 0 unspecified atom stereocenters. The lowest BCUT2D eigenvalue weighted by molar-refractivity contribution is -0.905. The zero-order valence-electron chi connectivity index (χ0n) is 9.70. The first-order valence-corrected chi connectivity index (χ1v) is 5.63. The van der Waals surface area contributed by atoms with Crippen molar-refractivity contribution in [3.63, 3.8) is 0 Å². The van der Waals surface area contributed by atoms with Crippen LogP contribution in [0.25, 0.3) is 11.3 Å². The standard InChI is InChI=1S/C13H15ClNO/c1-13(2,3)15-9-8-12(16-15)10-6-4-5-7-11(10)14/h4-9H,1-3H3/q+1. The predicted molar refractivity (Wildman–Crippen MR) is 64.3 cm³/mol. The highest BCUT2D eigenvalue weighted by atomic mass is 35.5. The van der Waals surface area contributed by atoms with E-state index in [1.165, 1.54) is 0 Å². The quantitative estimate of drug-likeness (QED) is 0.691. The molecule has 0 aliphatic rings. The fourth-order valence-electron chi connectivity index (χ4n) is 1.46. The second kappa shape index (κ2) is 3.95. The molecule has 1 aromatic carbocycles. The highest BCUT2D eigenvalue weighted by Gasteiger charge is 2.27. The van der Waals surface area contributed by atoms with Gasteiger partial charge >= 0.3 is 0 Å². The zero-order chi connectivity index (χ0) is 11.8. The maximum absolute atomic E-state index is 6.11. The Morgan fingerprint density at radius 2 is 1.81 bits per heavy atom. The molecule has 2 rings (SSSR count). The second-order valence-electron chi connectivity index (χ2n) is 4.75. The number of aromatic nitrogens is 1. The Bertz CT molecular complexity index is 497. The molecule has 2 nitrogen and oxygen atoms in total. The number of hydrogen-bond acceptors (Lipinski definition) is 1. The summed E-state index contributed by atoms with van der Waals surface area (Å²) in [6.07, 6.45) is 1.93. The van der Waals surface area contributed by atoms with E-state index in [1.807, 2.05) is 41.3 Å². The van der Waals surface area contributed by atoms with Crippen LogP contribution in [0.5, 0.6) is 0 Å². The summed E-state index contributed by atoms with van der Waals surface area (Å²) in [6.45, 7) is 6.27. The van der Waals surface area contributed by atoms with Gasteiger partial charge in [-0.2, -0.15) is 0 Å². The maximum atomic E-state index is 6.11. The van der Waals surface area contributed by atoms with Crippen LogP contribution in [0.1, 0.15) is 20.8 Å². The van der Waals surface area contributed by atoms with Gasteiger partial charge in [-0.3, -0.25) is 0 Å². The molecule has 0 saturated heterocycles. The minimum atomic E-state index is -0.0560. The SMILES string of the molecule is CC(C)(C)[n+]1ccc(-c2ccccc2Cl)o1. The zero-order valence-corrected chi connectivity index (χ0v) is 10.5. The summed E-state index contributed by atoms with van der Waals surface area (Å²) in [5, 5.41) is 0.706. The second-order valence-corrected chi connectivity index (χ2v) is 5.15. The van der Waals surface area contributed by atoms with Gasteiger partial charge in [0.15, 0.2) is 0 Å². The molecule has 0 N–H and O–H groups in total. The molecule has 84 valence electrons. The highest BCUT2D eigenvalue weighted by Crippen LogP contribution is 2.26. The third-order valence-corrected chi connectivity index (χ3v) is 2.69. The molecule has 0 atom stereocenters. The van der Waals surface area contributed by atoms with Gasteiger partial charge in [-0.1, -0.05) is 23.7 Å². The molecule has 3 heteroatoms. The smallest absolute Gasteiger partial charge is 0.221 e.